The first-order chi connectivity index (χ1) is 12.8. The molecule has 1 amide bonds. The Morgan fingerprint density at radius 3 is 2.15 bits per heavy atom. The zero-order valence-electron chi connectivity index (χ0n) is 16.0. The highest BCUT2D eigenvalue weighted by molar-refractivity contribution is 7.92. The summed E-state index contributed by atoms with van der Waals surface area (Å²) in [7, 11) is -2.40. The molecule has 27 heavy (non-hydrogen) atoms. The number of sulfonamides is 1. The standard InChI is InChI=1S/C20H26N2O4S/c1-15(2)16(3)21-20(23)14-22(17-8-6-5-7-9-17)27(24,25)19-12-10-18(26-4)11-13-19/h5-13,15-16H,14H2,1-4H3,(H,21,23)/t16-/m0/s1. The van der Waals surface area contributed by atoms with Gasteiger partial charge in [-0.15, -0.1) is 0 Å². The Hall–Kier alpha value is -2.54. The monoisotopic (exact) mass is 390 g/mol. The molecule has 0 aliphatic heterocycles. The zero-order valence-corrected chi connectivity index (χ0v) is 16.9. The highest BCUT2D eigenvalue weighted by Crippen LogP contribution is 2.24. The number of para-hydroxylation sites is 1. The second-order valence-electron chi connectivity index (χ2n) is 6.62. The van der Waals surface area contributed by atoms with Gasteiger partial charge in [0.05, 0.1) is 17.7 Å². The average Bonchev–Trinajstić information content (AvgIpc) is 2.66. The van der Waals surface area contributed by atoms with Gasteiger partial charge in [0.1, 0.15) is 12.3 Å². The average molecular weight is 391 g/mol. The van der Waals surface area contributed by atoms with E-state index in [1.54, 1.807) is 42.5 Å². The van der Waals surface area contributed by atoms with E-state index in [0.717, 1.165) is 4.31 Å². The van der Waals surface area contributed by atoms with Crippen molar-refractivity contribution >= 4 is 21.6 Å². The van der Waals surface area contributed by atoms with Crippen molar-refractivity contribution in [1.82, 2.24) is 5.32 Å². The van der Waals surface area contributed by atoms with E-state index in [1.165, 1.54) is 19.2 Å². The molecule has 0 saturated carbocycles. The molecule has 0 unspecified atom stereocenters. The summed E-state index contributed by atoms with van der Waals surface area (Å²) in [6, 6.07) is 14.6. The molecule has 2 rings (SSSR count). The molecular formula is C20H26N2O4S. The predicted octanol–water partition coefficient (Wildman–Crippen LogP) is 3.05. The first-order valence-electron chi connectivity index (χ1n) is 8.77. The van der Waals surface area contributed by atoms with Gasteiger partial charge in [-0.3, -0.25) is 9.10 Å². The normalized spacial score (nSPS) is 12.5. The summed E-state index contributed by atoms with van der Waals surface area (Å²) in [5, 5.41) is 2.86. The summed E-state index contributed by atoms with van der Waals surface area (Å²) < 4.78 is 32.6. The summed E-state index contributed by atoms with van der Waals surface area (Å²) in [6.07, 6.45) is 0. The van der Waals surface area contributed by atoms with E-state index in [2.05, 4.69) is 5.32 Å². The molecule has 0 aliphatic rings. The van der Waals surface area contributed by atoms with E-state index in [9.17, 15) is 13.2 Å². The molecule has 0 aromatic heterocycles. The van der Waals surface area contributed by atoms with Gasteiger partial charge in [-0.2, -0.15) is 0 Å². The molecular weight excluding hydrogens is 364 g/mol. The van der Waals surface area contributed by atoms with Crippen molar-refractivity contribution in [3.63, 3.8) is 0 Å². The van der Waals surface area contributed by atoms with Crippen LogP contribution in [-0.2, 0) is 14.8 Å². The van der Waals surface area contributed by atoms with Gasteiger partial charge in [0.2, 0.25) is 5.91 Å². The molecule has 7 heteroatoms. The largest absolute Gasteiger partial charge is 0.497 e. The van der Waals surface area contributed by atoms with Crippen LogP contribution in [0, 0.1) is 5.92 Å². The van der Waals surface area contributed by atoms with Gasteiger partial charge in [-0.05, 0) is 49.2 Å². The molecule has 0 fully saturated rings. The fourth-order valence-corrected chi connectivity index (χ4v) is 3.80. The number of hydrogen-bond donors (Lipinski definition) is 1. The fraction of sp³-hybridized carbons (Fsp3) is 0.350. The number of benzene rings is 2. The molecule has 2 aromatic rings. The Kier molecular flexibility index (Phi) is 6.85. The van der Waals surface area contributed by atoms with E-state index in [4.69, 9.17) is 4.74 Å². The zero-order chi connectivity index (χ0) is 20.0. The van der Waals surface area contributed by atoms with E-state index in [0.29, 0.717) is 11.4 Å². The van der Waals surface area contributed by atoms with Crippen LogP contribution >= 0.6 is 0 Å². The number of carbonyl (C=O) groups is 1. The number of ether oxygens (including phenoxy) is 1. The van der Waals surface area contributed by atoms with Crippen molar-refractivity contribution in [3.8, 4) is 5.75 Å². The minimum atomic E-state index is -3.91. The Morgan fingerprint density at radius 2 is 1.63 bits per heavy atom. The number of anilines is 1. The van der Waals surface area contributed by atoms with Crippen molar-refractivity contribution in [2.45, 2.75) is 31.7 Å². The van der Waals surface area contributed by atoms with Crippen molar-refractivity contribution in [2.75, 3.05) is 18.0 Å². The smallest absolute Gasteiger partial charge is 0.264 e. The number of carbonyl (C=O) groups excluding carboxylic acids is 1. The molecule has 0 spiro atoms. The summed E-state index contributed by atoms with van der Waals surface area (Å²) >= 11 is 0. The van der Waals surface area contributed by atoms with Crippen LogP contribution in [0.25, 0.3) is 0 Å². The third-order valence-corrected chi connectivity index (χ3v) is 6.16. The lowest BCUT2D eigenvalue weighted by Gasteiger charge is -2.25. The summed E-state index contributed by atoms with van der Waals surface area (Å²) in [5.74, 6) is 0.457. The number of nitrogens with one attached hydrogen (secondary N) is 1. The second-order valence-corrected chi connectivity index (χ2v) is 8.49. The number of hydrogen-bond acceptors (Lipinski definition) is 4. The molecule has 1 N–H and O–H groups in total. The van der Waals surface area contributed by atoms with Crippen LogP contribution in [0.2, 0.25) is 0 Å². The molecule has 6 nitrogen and oxygen atoms in total. The lowest BCUT2D eigenvalue weighted by molar-refractivity contribution is -0.120. The Bertz CT molecular complexity index is 849. The molecule has 0 aliphatic carbocycles. The van der Waals surface area contributed by atoms with Gasteiger partial charge in [-0.25, -0.2) is 8.42 Å². The number of rotatable bonds is 8. The van der Waals surface area contributed by atoms with Crippen LogP contribution in [0.5, 0.6) is 5.75 Å². The molecule has 2 aromatic carbocycles. The lowest BCUT2D eigenvalue weighted by Crippen LogP contribution is -2.44. The fourth-order valence-electron chi connectivity index (χ4n) is 2.38. The van der Waals surface area contributed by atoms with E-state index >= 15 is 0 Å². The Balaban J connectivity index is 2.35. The van der Waals surface area contributed by atoms with Gasteiger partial charge in [-0.1, -0.05) is 32.0 Å². The first kappa shape index (κ1) is 20.8. The molecule has 0 bridgehead atoms. The second kappa shape index (κ2) is 8.90. The third-order valence-electron chi connectivity index (χ3n) is 4.37. The van der Waals surface area contributed by atoms with Crippen LogP contribution < -0.4 is 14.4 Å². The van der Waals surface area contributed by atoms with E-state index < -0.39 is 10.0 Å². The molecule has 0 saturated heterocycles. The van der Waals surface area contributed by atoms with Crippen molar-refractivity contribution < 1.29 is 17.9 Å². The first-order valence-corrected chi connectivity index (χ1v) is 10.2. The quantitative estimate of drug-likeness (QED) is 0.752. The molecule has 0 radical (unpaired) electrons. The molecule has 1 atom stereocenters. The van der Waals surface area contributed by atoms with E-state index in [1.807, 2.05) is 20.8 Å². The highest BCUT2D eigenvalue weighted by Gasteiger charge is 2.27. The summed E-state index contributed by atoms with van der Waals surface area (Å²) in [6.45, 7) is 5.59. The topological polar surface area (TPSA) is 75.7 Å². The highest BCUT2D eigenvalue weighted by atomic mass is 32.2. The molecule has 0 heterocycles. The number of amides is 1. The van der Waals surface area contributed by atoms with Crippen molar-refractivity contribution in [1.29, 1.82) is 0 Å². The van der Waals surface area contributed by atoms with E-state index in [-0.39, 0.29) is 29.3 Å². The van der Waals surface area contributed by atoms with Crippen molar-refractivity contribution in [2.24, 2.45) is 5.92 Å². The minimum absolute atomic E-state index is 0.0567. The summed E-state index contributed by atoms with van der Waals surface area (Å²) in [5.41, 5.74) is 0.431. The molecule has 146 valence electrons. The van der Waals surface area contributed by atoms with Gasteiger partial charge >= 0.3 is 0 Å². The lowest BCUT2D eigenvalue weighted by atomic mass is 10.1. The summed E-state index contributed by atoms with van der Waals surface area (Å²) in [4.78, 5) is 12.6. The maximum atomic E-state index is 13.2. The maximum absolute atomic E-state index is 13.2. The van der Waals surface area contributed by atoms with Crippen LogP contribution in [0.1, 0.15) is 20.8 Å². The maximum Gasteiger partial charge on any atom is 0.264 e. The minimum Gasteiger partial charge on any atom is -0.497 e. The van der Waals surface area contributed by atoms with Gasteiger partial charge in [0.25, 0.3) is 10.0 Å². The van der Waals surface area contributed by atoms with Crippen LogP contribution in [0.3, 0.4) is 0 Å². The Labute approximate surface area is 161 Å². The SMILES string of the molecule is COc1ccc(S(=O)(=O)N(CC(=O)N[C@@H](C)C(C)C)c2ccccc2)cc1. The van der Waals surface area contributed by atoms with Crippen molar-refractivity contribution in [3.05, 3.63) is 54.6 Å². The number of nitrogens with zero attached hydrogens (tertiary/aromatic N) is 1. The predicted molar refractivity (Wildman–Crippen MR) is 106 cm³/mol. The van der Waals surface area contributed by atoms with Crippen LogP contribution in [0.15, 0.2) is 59.5 Å². The van der Waals surface area contributed by atoms with Gasteiger partial charge in [0, 0.05) is 6.04 Å². The van der Waals surface area contributed by atoms with Gasteiger partial charge in [0.15, 0.2) is 0 Å². The number of methoxy groups -OCH3 is 1. The van der Waals surface area contributed by atoms with Crippen LogP contribution in [-0.4, -0.2) is 34.0 Å². The van der Waals surface area contributed by atoms with Crippen LogP contribution in [0.4, 0.5) is 5.69 Å². The Morgan fingerprint density at radius 1 is 1.04 bits per heavy atom. The van der Waals surface area contributed by atoms with Gasteiger partial charge < -0.3 is 10.1 Å². The third kappa shape index (κ3) is 5.23.